The summed E-state index contributed by atoms with van der Waals surface area (Å²) in [7, 11) is 0. The van der Waals surface area contributed by atoms with E-state index in [4.69, 9.17) is 4.42 Å². The molecule has 3 aliphatic rings. The van der Waals surface area contributed by atoms with Crippen molar-refractivity contribution in [3.05, 3.63) is 89.2 Å². The minimum absolute atomic E-state index is 0.0866. The number of fused-ring (bicyclic) bond motifs is 1. The third kappa shape index (κ3) is 1.30. The first kappa shape index (κ1) is 11.5. The van der Waals surface area contributed by atoms with Gasteiger partial charge in [-0.2, -0.15) is 0 Å². The van der Waals surface area contributed by atoms with Crippen LogP contribution in [0.4, 0.5) is 0 Å². The molecule has 7 rings (SSSR count). The van der Waals surface area contributed by atoms with Crippen molar-refractivity contribution in [2.24, 2.45) is 0 Å². The van der Waals surface area contributed by atoms with Gasteiger partial charge < -0.3 is 4.42 Å². The molecule has 4 aromatic rings. The Morgan fingerprint density at radius 1 is 0.826 bits per heavy atom. The van der Waals surface area contributed by atoms with E-state index < -0.39 is 0 Å². The van der Waals surface area contributed by atoms with Crippen molar-refractivity contribution in [3.8, 4) is 0 Å². The number of nitrogens with zero attached hydrogens (tertiary/aromatic N) is 3. The van der Waals surface area contributed by atoms with Gasteiger partial charge in [0.25, 0.3) is 0 Å². The van der Waals surface area contributed by atoms with E-state index in [-0.39, 0.29) is 11.8 Å². The van der Waals surface area contributed by atoms with Crippen LogP contribution >= 0.6 is 0 Å². The lowest BCUT2D eigenvalue weighted by molar-refractivity contribution is 0.572. The van der Waals surface area contributed by atoms with Gasteiger partial charge in [-0.05, 0) is 34.9 Å². The summed E-state index contributed by atoms with van der Waals surface area (Å²) < 4.78 is 5.39. The number of furan rings is 1. The molecule has 0 spiro atoms. The SMILES string of the molecule is c1cnc2c(c1)C1c3cc4cocc4cc3C2c2ncncc21. The Bertz CT molecular complexity index is 967. The highest BCUT2D eigenvalue weighted by Gasteiger charge is 2.43. The molecule has 4 heteroatoms. The van der Waals surface area contributed by atoms with Gasteiger partial charge in [-0.3, -0.25) is 4.98 Å². The molecule has 0 radical (unpaired) electrons. The maximum atomic E-state index is 5.39. The summed E-state index contributed by atoms with van der Waals surface area (Å²) in [6.45, 7) is 0. The zero-order chi connectivity index (χ0) is 15.0. The Balaban J connectivity index is 1.78. The molecule has 4 nitrogen and oxygen atoms in total. The van der Waals surface area contributed by atoms with Crippen molar-refractivity contribution in [1.82, 2.24) is 15.0 Å². The average molecular weight is 297 g/mol. The lowest BCUT2D eigenvalue weighted by Gasteiger charge is -2.39. The zero-order valence-electron chi connectivity index (χ0n) is 12.1. The first-order valence-corrected chi connectivity index (χ1v) is 7.66. The molecule has 1 aromatic carbocycles. The topological polar surface area (TPSA) is 51.8 Å². The Morgan fingerprint density at radius 3 is 2.48 bits per heavy atom. The lowest BCUT2D eigenvalue weighted by atomic mass is 9.64. The molecule has 2 atom stereocenters. The molecular formula is C19H11N3O. The Hall–Kier alpha value is -3.01. The highest BCUT2D eigenvalue weighted by molar-refractivity contribution is 5.85. The van der Waals surface area contributed by atoms with Gasteiger partial charge in [-0.1, -0.05) is 6.07 Å². The minimum atomic E-state index is 0.0866. The van der Waals surface area contributed by atoms with Gasteiger partial charge in [0.15, 0.2) is 0 Å². The van der Waals surface area contributed by atoms with Crippen molar-refractivity contribution in [1.29, 1.82) is 0 Å². The van der Waals surface area contributed by atoms with Gasteiger partial charge in [0.1, 0.15) is 6.33 Å². The number of aromatic nitrogens is 3. The predicted octanol–water partition coefficient (Wildman–Crippen LogP) is 3.61. The third-order valence-corrected chi connectivity index (χ3v) is 5.11. The molecule has 23 heavy (non-hydrogen) atoms. The van der Waals surface area contributed by atoms with Gasteiger partial charge in [-0.25, -0.2) is 9.97 Å². The van der Waals surface area contributed by atoms with Gasteiger partial charge in [0, 0.05) is 34.6 Å². The van der Waals surface area contributed by atoms with Crippen molar-refractivity contribution < 1.29 is 4.42 Å². The van der Waals surface area contributed by atoms with E-state index in [1.165, 1.54) is 22.3 Å². The molecule has 0 amide bonds. The molecule has 3 heterocycles. The molecule has 3 aliphatic carbocycles. The van der Waals surface area contributed by atoms with Crippen LogP contribution in [0.3, 0.4) is 0 Å². The van der Waals surface area contributed by atoms with E-state index >= 15 is 0 Å². The number of hydrogen-bond acceptors (Lipinski definition) is 4. The van der Waals surface area contributed by atoms with Crippen molar-refractivity contribution in [2.45, 2.75) is 11.8 Å². The number of hydrogen-bond donors (Lipinski definition) is 0. The fourth-order valence-corrected chi connectivity index (χ4v) is 4.21. The summed E-state index contributed by atoms with van der Waals surface area (Å²) in [5.41, 5.74) is 7.31. The predicted molar refractivity (Wildman–Crippen MR) is 84.4 cm³/mol. The number of benzene rings is 1. The summed E-state index contributed by atoms with van der Waals surface area (Å²) in [6, 6.07) is 8.67. The smallest absolute Gasteiger partial charge is 0.115 e. The normalized spacial score (nSPS) is 20.2. The van der Waals surface area contributed by atoms with Crippen LogP contribution in [0.25, 0.3) is 10.8 Å². The van der Waals surface area contributed by atoms with Crippen molar-refractivity contribution in [2.75, 3.05) is 0 Å². The maximum Gasteiger partial charge on any atom is 0.115 e. The molecule has 0 saturated carbocycles. The van der Waals surface area contributed by atoms with Crippen molar-refractivity contribution in [3.63, 3.8) is 0 Å². The molecule has 108 valence electrons. The highest BCUT2D eigenvalue weighted by Crippen LogP contribution is 2.54. The first-order chi connectivity index (χ1) is 11.4. The van der Waals surface area contributed by atoms with E-state index in [0.29, 0.717) is 0 Å². The van der Waals surface area contributed by atoms with Gasteiger partial charge >= 0.3 is 0 Å². The highest BCUT2D eigenvalue weighted by atomic mass is 16.3. The van der Waals surface area contributed by atoms with Crippen LogP contribution in [0, 0.1) is 0 Å². The van der Waals surface area contributed by atoms with E-state index in [1.807, 2.05) is 24.7 Å². The molecule has 0 N–H and O–H groups in total. The van der Waals surface area contributed by atoms with Crippen LogP contribution in [0.5, 0.6) is 0 Å². The van der Waals surface area contributed by atoms with E-state index in [0.717, 1.165) is 22.2 Å². The van der Waals surface area contributed by atoms with Crippen LogP contribution in [-0.4, -0.2) is 15.0 Å². The van der Waals surface area contributed by atoms with Crippen LogP contribution in [0.15, 0.2) is 59.9 Å². The third-order valence-electron chi connectivity index (χ3n) is 5.11. The van der Waals surface area contributed by atoms with Gasteiger partial charge in [0.2, 0.25) is 0 Å². The number of rotatable bonds is 0. The second-order valence-corrected chi connectivity index (χ2v) is 6.19. The van der Waals surface area contributed by atoms with Crippen LogP contribution in [0.2, 0.25) is 0 Å². The van der Waals surface area contributed by atoms with Gasteiger partial charge in [-0.15, -0.1) is 0 Å². The summed E-state index contributed by atoms with van der Waals surface area (Å²) in [5.74, 6) is 0.248. The Kier molecular flexibility index (Phi) is 1.93. The van der Waals surface area contributed by atoms with E-state index in [2.05, 4.69) is 33.2 Å². The summed E-state index contributed by atoms with van der Waals surface area (Å²) in [6.07, 6.45) is 9.08. The quantitative estimate of drug-likeness (QED) is 0.430. The molecular weight excluding hydrogens is 286 g/mol. The first-order valence-electron chi connectivity index (χ1n) is 7.66. The lowest BCUT2D eigenvalue weighted by Crippen LogP contribution is -2.29. The summed E-state index contributed by atoms with van der Waals surface area (Å²) in [4.78, 5) is 13.5. The fraction of sp³-hybridized carbons (Fsp3) is 0.105. The fourth-order valence-electron chi connectivity index (χ4n) is 4.21. The van der Waals surface area contributed by atoms with Crippen molar-refractivity contribution >= 4 is 10.8 Å². The van der Waals surface area contributed by atoms with Gasteiger partial charge in [0.05, 0.1) is 29.8 Å². The Morgan fingerprint density at radius 2 is 1.61 bits per heavy atom. The standard InChI is InChI=1S/C19H11N3O/c1-2-12-16-13-4-10-7-23-8-11(10)5-14(13)17(18(12)21-3-1)19-15(16)6-20-9-22-19/h1-9,16-17H. The van der Waals surface area contributed by atoms with Crippen LogP contribution in [0.1, 0.15) is 45.5 Å². The molecule has 0 saturated heterocycles. The minimum Gasteiger partial charge on any atom is -0.471 e. The summed E-state index contributed by atoms with van der Waals surface area (Å²) >= 11 is 0. The molecule has 2 bridgehead atoms. The van der Waals surface area contributed by atoms with E-state index in [1.54, 1.807) is 12.6 Å². The molecule has 0 aliphatic heterocycles. The monoisotopic (exact) mass is 297 g/mol. The zero-order valence-corrected chi connectivity index (χ0v) is 12.1. The second-order valence-electron chi connectivity index (χ2n) is 6.19. The van der Waals surface area contributed by atoms with E-state index in [9.17, 15) is 0 Å². The molecule has 2 unspecified atom stereocenters. The van der Waals surface area contributed by atoms with Crippen LogP contribution < -0.4 is 0 Å². The summed E-state index contributed by atoms with van der Waals surface area (Å²) in [5, 5.41) is 2.27. The average Bonchev–Trinajstić information content (AvgIpc) is 3.06. The maximum absolute atomic E-state index is 5.39. The Labute approximate surface area is 131 Å². The number of pyridine rings is 1. The molecule has 0 fully saturated rings. The second kappa shape index (κ2) is 3.84. The molecule has 3 aromatic heterocycles. The largest absolute Gasteiger partial charge is 0.471 e. The van der Waals surface area contributed by atoms with Crippen LogP contribution in [-0.2, 0) is 0 Å².